The van der Waals surface area contributed by atoms with E-state index in [4.69, 9.17) is 0 Å². The summed E-state index contributed by atoms with van der Waals surface area (Å²) in [6.07, 6.45) is 1.42. The van der Waals surface area contributed by atoms with Crippen LogP contribution in [0.2, 0.25) is 0 Å². The number of hydrogen-bond donors (Lipinski definition) is 1. The van der Waals surface area contributed by atoms with Crippen molar-refractivity contribution < 1.29 is 13.2 Å². The molecule has 0 heterocycles. The summed E-state index contributed by atoms with van der Waals surface area (Å²) < 4.78 is 39.9. The molecule has 2 aromatic rings. The molecule has 1 atom stereocenters. The molecule has 1 N–H and O–H groups in total. The molecule has 0 bridgehead atoms. The van der Waals surface area contributed by atoms with E-state index in [9.17, 15) is 13.2 Å². The average molecular weight is 293 g/mol. The molecule has 0 saturated carbocycles. The molecule has 0 aliphatic heterocycles. The van der Waals surface area contributed by atoms with Crippen molar-refractivity contribution in [2.75, 3.05) is 6.54 Å². The van der Waals surface area contributed by atoms with Crippen molar-refractivity contribution >= 4 is 0 Å². The Morgan fingerprint density at radius 1 is 0.952 bits per heavy atom. The quantitative estimate of drug-likeness (QED) is 0.833. The van der Waals surface area contributed by atoms with E-state index >= 15 is 0 Å². The normalized spacial score (nSPS) is 12.4. The second kappa shape index (κ2) is 7.27. The van der Waals surface area contributed by atoms with Crippen molar-refractivity contribution in [2.24, 2.45) is 0 Å². The van der Waals surface area contributed by atoms with E-state index in [2.05, 4.69) is 5.32 Å². The fourth-order valence-electron chi connectivity index (χ4n) is 2.25. The van der Waals surface area contributed by atoms with Gasteiger partial charge in [0.1, 0.15) is 17.5 Å². The highest BCUT2D eigenvalue weighted by Crippen LogP contribution is 2.22. The van der Waals surface area contributed by atoms with Crippen LogP contribution < -0.4 is 5.32 Å². The fourth-order valence-corrected chi connectivity index (χ4v) is 2.25. The standard InChI is InChI=1S/C17H18F3N/c1-2-9-21-17(10-12-3-5-13(18)6-4-12)15-8-7-14(19)11-16(15)20/h3-8,11,17,21H,2,9-10H2,1H3. The van der Waals surface area contributed by atoms with E-state index in [-0.39, 0.29) is 11.9 Å². The highest BCUT2D eigenvalue weighted by molar-refractivity contribution is 5.26. The highest BCUT2D eigenvalue weighted by atomic mass is 19.1. The molecule has 0 saturated heterocycles. The van der Waals surface area contributed by atoms with Crippen LogP contribution in [-0.2, 0) is 6.42 Å². The maximum atomic E-state index is 14.0. The summed E-state index contributed by atoms with van der Waals surface area (Å²) in [5.41, 5.74) is 1.32. The van der Waals surface area contributed by atoms with Gasteiger partial charge < -0.3 is 5.32 Å². The summed E-state index contributed by atoms with van der Waals surface area (Å²) in [5, 5.41) is 3.25. The van der Waals surface area contributed by atoms with Gasteiger partial charge in [-0.2, -0.15) is 0 Å². The number of rotatable bonds is 6. The molecule has 0 radical (unpaired) electrons. The third-order valence-electron chi connectivity index (χ3n) is 3.33. The van der Waals surface area contributed by atoms with Crippen molar-refractivity contribution in [1.29, 1.82) is 0 Å². The van der Waals surface area contributed by atoms with E-state index < -0.39 is 11.6 Å². The number of nitrogens with one attached hydrogen (secondary N) is 1. The van der Waals surface area contributed by atoms with Gasteiger partial charge in [0, 0.05) is 17.7 Å². The van der Waals surface area contributed by atoms with Gasteiger partial charge in [0.05, 0.1) is 0 Å². The van der Waals surface area contributed by atoms with E-state index in [1.54, 1.807) is 12.1 Å². The first-order valence-corrected chi connectivity index (χ1v) is 7.03. The van der Waals surface area contributed by atoms with Crippen LogP contribution in [0.5, 0.6) is 0 Å². The zero-order valence-electron chi connectivity index (χ0n) is 11.9. The smallest absolute Gasteiger partial charge is 0.130 e. The molecule has 2 rings (SSSR count). The van der Waals surface area contributed by atoms with Crippen LogP contribution in [0.1, 0.15) is 30.5 Å². The number of halogens is 3. The van der Waals surface area contributed by atoms with E-state index in [1.807, 2.05) is 6.92 Å². The monoisotopic (exact) mass is 293 g/mol. The van der Waals surface area contributed by atoms with E-state index in [0.717, 1.165) is 24.6 Å². The molecule has 21 heavy (non-hydrogen) atoms. The number of hydrogen-bond acceptors (Lipinski definition) is 1. The van der Waals surface area contributed by atoms with Crippen LogP contribution in [0.3, 0.4) is 0 Å². The SMILES string of the molecule is CCCNC(Cc1ccc(F)cc1)c1ccc(F)cc1F. The van der Waals surface area contributed by atoms with Crippen LogP contribution in [0.15, 0.2) is 42.5 Å². The van der Waals surface area contributed by atoms with Gasteiger partial charge in [0.2, 0.25) is 0 Å². The second-order valence-corrected chi connectivity index (χ2v) is 5.00. The lowest BCUT2D eigenvalue weighted by Crippen LogP contribution is -2.25. The van der Waals surface area contributed by atoms with E-state index in [1.165, 1.54) is 24.3 Å². The van der Waals surface area contributed by atoms with Crippen molar-refractivity contribution in [3.05, 3.63) is 71.0 Å². The molecular formula is C17H18F3N. The first-order chi connectivity index (χ1) is 10.1. The summed E-state index contributed by atoms with van der Waals surface area (Å²) in [6.45, 7) is 2.74. The molecule has 0 amide bonds. The predicted molar refractivity (Wildman–Crippen MR) is 77.5 cm³/mol. The maximum absolute atomic E-state index is 14.0. The molecule has 0 fully saturated rings. The molecule has 1 unspecified atom stereocenters. The Labute approximate surface area is 122 Å². The van der Waals surface area contributed by atoms with Gasteiger partial charge in [-0.1, -0.05) is 25.1 Å². The Morgan fingerprint density at radius 3 is 2.24 bits per heavy atom. The minimum absolute atomic E-state index is 0.268. The summed E-state index contributed by atoms with van der Waals surface area (Å²) in [6, 6.07) is 9.46. The van der Waals surface area contributed by atoms with E-state index in [0.29, 0.717) is 12.0 Å². The average Bonchev–Trinajstić information content (AvgIpc) is 2.46. The van der Waals surface area contributed by atoms with Crippen LogP contribution >= 0.6 is 0 Å². The zero-order chi connectivity index (χ0) is 15.2. The van der Waals surface area contributed by atoms with Gasteiger partial charge in [0.15, 0.2) is 0 Å². The molecule has 112 valence electrons. The molecule has 0 aromatic heterocycles. The van der Waals surface area contributed by atoms with Crippen molar-refractivity contribution in [3.8, 4) is 0 Å². The van der Waals surface area contributed by atoms with Crippen LogP contribution in [0.4, 0.5) is 13.2 Å². The lowest BCUT2D eigenvalue weighted by Gasteiger charge is -2.20. The Hall–Kier alpha value is -1.81. The first-order valence-electron chi connectivity index (χ1n) is 7.03. The molecule has 0 spiro atoms. The molecular weight excluding hydrogens is 275 g/mol. The summed E-state index contributed by atoms with van der Waals surface area (Å²) >= 11 is 0. The van der Waals surface area contributed by atoms with Gasteiger partial charge in [-0.3, -0.25) is 0 Å². The minimum atomic E-state index is -0.590. The third kappa shape index (κ3) is 4.33. The Kier molecular flexibility index (Phi) is 5.39. The lowest BCUT2D eigenvalue weighted by atomic mass is 9.98. The van der Waals surface area contributed by atoms with Gasteiger partial charge in [-0.15, -0.1) is 0 Å². The molecule has 0 aliphatic carbocycles. The van der Waals surface area contributed by atoms with Crippen LogP contribution in [0, 0.1) is 17.5 Å². The summed E-state index contributed by atoms with van der Waals surface area (Å²) in [4.78, 5) is 0. The predicted octanol–water partition coefficient (Wildman–Crippen LogP) is 4.39. The lowest BCUT2D eigenvalue weighted by molar-refractivity contribution is 0.490. The zero-order valence-corrected chi connectivity index (χ0v) is 11.9. The topological polar surface area (TPSA) is 12.0 Å². The van der Waals surface area contributed by atoms with Gasteiger partial charge in [0.25, 0.3) is 0 Å². The Balaban J connectivity index is 2.22. The third-order valence-corrected chi connectivity index (χ3v) is 3.33. The summed E-state index contributed by atoms with van der Waals surface area (Å²) in [7, 11) is 0. The Bertz CT molecular complexity index is 581. The largest absolute Gasteiger partial charge is 0.310 e. The molecule has 1 nitrogen and oxygen atoms in total. The number of benzene rings is 2. The fraction of sp³-hybridized carbons (Fsp3) is 0.294. The van der Waals surface area contributed by atoms with Gasteiger partial charge >= 0.3 is 0 Å². The van der Waals surface area contributed by atoms with Crippen molar-refractivity contribution in [2.45, 2.75) is 25.8 Å². The highest BCUT2D eigenvalue weighted by Gasteiger charge is 2.16. The first kappa shape index (κ1) is 15.6. The molecule has 4 heteroatoms. The van der Waals surface area contributed by atoms with Gasteiger partial charge in [-0.05, 0) is 43.1 Å². The van der Waals surface area contributed by atoms with Crippen molar-refractivity contribution in [1.82, 2.24) is 5.32 Å². The van der Waals surface area contributed by atoms with Crippen LogP contribution in [0.25, 0.3) is 0 Å². The molecule has 2 aromatic carbocycles. The van der Waals surface area contributed by atoms with Crippen molar-refractivity contribution in [3.63, 3.8) is 0 Å². The second-order valence-electron chi connectivity index (χ2n) is 5.00. The minimum Gasteiger partial charge on any atom is -0.310 e. The van der Waals surface area contributed by atoms with Crippen LogP contribution in [-0.4, -0.2) is 6.54 Å². The maximum Gasteiger partial charge on any atom is 0.130 e. The van der Waals surface area contributed by atoms with Gasteiger partial charge in [-0.25, -0.2) is 13.2 Å². The Morgan fingerprint density at radius 2 is 1.62 bits per heavy atom. The summed E-state index contributed by atoms with van der Waals surface area (Å²) in [5.74, 6) is -1.46. The molecule has 0 aliphatic rings.